The van der Waals surface area contributed by atoms with Gasteiger partial charge in [-0.1, -0.05) is 19.1 Å². The fourth-order valence-electron chi connectivity index (χ4n) is 1.20. The number of nitrogens with two attached hydrogens (primary N) is 1. The summed E-state index contributed by atoms with van der Waals surface area (Å²) in [5, 5.41) is 0. The normalized spacial score (nSPS) is 12.2. The monoisotopic (exact) mass is 193 g/mol. The number of rotatable bonds is 3. The number of carbonyl (C=O) groups is 1. The minimum atomic E-state index is -0.308. The van der Waals surface area contributed by atoms with Gasteiger partial charge in [-0.15, -0.1) is 0 Å². The molecule has 76 valence electrons. The van der Waals surface area contributed by atoms with Crippen molar-refractivity contribution in [3.05, 3.63) is 35.4 Å². The predicted molar refractivity (Wildman–Crippen MR) is 55.3 cm³/mol. The van der Waals surface area contributed by atoms with Gasteiger partial charge < -0.3 is 10.5 Å². The van der Waals surface area contributed by atoms with Crippen LogP contribution in [0.25, 0.3) is 0 Å². The van der Waals surface area contributed by atoms with Gasteiger partial charge in [0, 0.05) is 0 Å². The Balaban J connectivity index is 2.83. The number of hydrogen-bond donors (Lipinski definition) is 1. The summed E-state index contributed by atoms with van der Waals surface area (Å²) in [7, 11) is 1.37. The van der Waals surface area contributed by atoms with E-state index >= 15 is 0 Å². The minimum absolute atomic E-state index is 0.308. The number of hydrogen-bond acceptors (Lipinski definition) is 3. The van der Waals surface area contributed by atoms with Crippen molar-refractivity contribution in [1.82, 2.24) is 0 Å². The Morgan fingerprint density at radius 1 is 1.43 bits per heavy atom. The fourth-order valence-corrected chi connectivity index (χ4v) is 1.20. The Hall–Kier alpha value is -1.35. The average Bonchev–Trinajstić information content (AvgIpc) is 2.27. The van der Waals surface area contributed by atoms with Crippen LogP contribution in [0.3, 0.4) is 0 Å². The lowest BCUT2D eigenvalue weighted by molar-refractivity contribution is 0.0600. The zero-order valence-corrected chi connectivity index (χ0v) is 8.49. The summed E-state index contributed by atoms with van der Waals surface area (Å²) in [6.45, 7) is 2.66. The molecule has 0 amide bonds. The largest absolute Gasteiger partial charge is 0.465 e. The maximum Gasteiger partial charge on any atom is 0.337 e. The summed E-state index contributed by atoms with van der Waals surface area (Å²) in [5.41, 5.74) is 7.25. The third kappa shape index (κ3) is 2.33. The predicted octanol–water partition coefficient (Wildman–Crippen LogP) is 1.54. The van der Waals surface area contributed by atoms with E-state index in [9.17, 15) is 4.79 Å². The van der Waals surface area contributed by atoms with Crippen LogP contribution in [0.4, 0.5) is 0 Å². The van der Waals surface area contributed by atoms with Gasteiger partial charge >= 0.3 is 5.97 Å². The second-order valence-electron chi connectivity index (χ2n) is 3.25. The Kier molecular flexibility index (Phi) is 3.65. The van der Waals surface area contributed by atoms with Gasteiger partial charge in [-0.05, 0) is 30.2 Å². The van der Waals surface area contributed by atoms with Gasteiger partial charge in [0.25, 0.3) is 0 Å². The molecule has 1 atom stereocenters. The average molecular weight is 193 g/mol. The van der Waals surface area contributed by atoms with Gasteiger partial charge in [0.05, 0.1) is 12.7 Å². The summed E-state index contributed by atoms with van der Waals surface area (Å²) >= 11 is 0. The van der Waals surface area contributed by atoms with Crippen molar-refractivity contribution in [3.63, 3.8) is 0 Å². The Labute approximate surface area is 83.9 Å². The van der Waals surface area contributed by atoms with Crippen LogP contribution in [-0.2, 0) is 4.74 Å². The molecule has 0 aromatic heterocycles. The van der Waals surface area contributed by atoms with Crippen LogP contribution in [0.2, 0.25) is 0 Å². The Morgan fingerprint density at radius 2 is 2.00 bits per heavy atom. The lowest BCUT2D eigenvalue weighted by Crippen LogP contribution is -2.09. The lowest BCUT2D eigenvalue weighted by atomic mass is 10.0. The standard InChI is InChI=1S/C11H15NO2/c1-8(7-12)9-3-5-10(6-4-9)11(13)14-2/h3-6,8H,7,12H2,1-2H3/t8-/m0/s1. The summed E-state index contributed by atoms with van der Waals surface area (Å²) < 4.78 is 4.60. The molecule has 0 fully saturated rings. The highest BCUT2D eigenvalue weighted by Gasteiger charge is 2.06. The minimum Gasteiger partial charge on any atom is -0.465 e. The second-order valence-corrected chi connectivity index (χ2v) is 3.25. The van der Waals surface area contributed by atoms with Crippen molar-refractivity contribution in [2.24, 2.45) is 5.73 Å². The molecule has 1 aromatic carbocycles. The molecule has 1 aromatic rings. The topological polar surface area (TPSA) is 52.3 Å². The van der Waals surface area contributed by atoms with Crippen molar-refractivity contribution < 1.29 is 9.53 Å². The summed E-state index contributed by atoms with van der Waals surface area (Å²) in [4.78, 5) is 11.1. The van der Waals surface area contributed by atoms with E-state index in [0.29, 0.717) is 18.0 Å². The molecule has 0 spiro atoms. The van der Waals surface area contributed by atoms with Crippen LogP contribution in [0.5, 0.6) is 0 Å². The Bertz CT molecular complexity index is 306. The highest BCUT2D eigenvalue weighted by molar-refractivity contribution is 5.89. The van der Waals surface area contributed by atoms with Gasteiger partial charge in [-0.2, -0.15) is 0 Å². The molecule has 0 saturated carbocycles. The second kappa shape index (κ2) is 4.77. The lowest BCUT2D eigenvalue weighted by Gasteiger charge is -2.08. The van der Waals surface area contributed by atoms with E-state index in [0.717, 1.165) is 5.56 Å². The molecule has 14 heavy (non-hydrogen) atoms. The smallest absolute Gasteiger partial charge is 0.337 e. The van der Waals surface area contributed by atoms with Gasteiger partial charge in [0.1, 0.15) is 0 Å². The van der Waals surface area contributed by atoms with Gasteiger partial charge in [-0.3, -0.25) is 0 Å². The molecule has 1 rings (SSSR count). The molecule has 0 aliphatic rings. The number of ether oxygens (including phenoxy) is 1. The van der Waals surface area contributed by atoms with Crippen LogP contribution in [0, 0.1) is 0 Å². The van der Waals surface area contributed by atoms with Crippen LogP contribution in [0.15, 0.2) is 24.3 Å². The summed E-state index contributed by atoms with van der Waals surface area (Å²) in [6, 6.07) is 7.33. The zero-order valence-electron chi connectivity index (χ0n) is 8.49. The van der Waals surface area contributed by atoms with Gasteiger partial charge in [0.2, 0.25) is 0 Å². The maximum absolute atomic E-state index is 11.1. The van der Waals surface area contributed by atoms with E-state index in [1.54, 1.807) is 12.1 Å². The molecule has 2 N–H and O–H groups in total. The third-order valence-corrected chi connectivity index (χ3v) is 2.25. The molecule has 0 heterocycles. The van der Waals surface area contributed by atoms with Crippen LogP contribution in [0.1, 0.15) is 28.8 Å². The molecule has 0 bridgehead atoms. The number of benzene rings is 1. The highest BCUT2D eigenvalue weighted by atomic mass is 16.5. The van der Waals surface area contributed by atoms with Crippen molar-refractivity contribution in [2.75, 3.05) is 13.7 Å². The Morgan fingerprint density at radius 3 is 2.43 bits per heavy atom. The highest BCUT2D eigenvalue weighted by Crippen LogP contribution is 2.14. The summed E-state index contributed by atoms with van der Waals surface area (Å²) in [6.07, 6.45) is 0. The van der Waals surface area contributed by atoms with Crippen LogP contribution in [-0.4, -0.2) is 19.6 Å². The van der Waals surface area contributed by atoms with Crippen molar-refractivity contribution in [3.8, 4) is 0 Å². The number of esters is 1. The van der Waals surface area contributed by atoms with Gasteiger partial charge in [-0.25, -0.2) is 4.79 Å². The van der Waals surface area contributed by atoms with Crippen molar-refractivity contribution >= 4 is 5.97 Å². The molecule has 0 aliphatic carbocycles. The molecular weight excluding hydrogens is 178 g/mol. The first-order valence-corrected chi connectivity index (χ1v) is 4.57. The fraction of sp³-hybridized carbons (Fsp3) is 0.364. The number of methoxy groups -OCH3 is 1. The molecule has 3 heteroatoms. The van der Waals surface area contributed by atoms with E-state index in [2.05, 4.69) is 4.74 Å². The van der Waals surface area contributed by atoms with Gasteiger partial charge in [0.15, 0.2) is 0 Å². The third-order valence-electron chi connectivity index (χ3n) is 2.25. The van der Waals surface area contributed by atoms with E-state index in [4.69, 9.17) is 5.73 Å². The maximum atomic E-state index is 11.1. The quantitative estimate of drug-likeness (QED) is 0.741. The van der Waals surface area contributed by atoms with Crippen LogP contribution < -0.4 is 5.73 Å². The van der Waals surface area contributed by atoms with Crippen LogP contribution >= 0.6 is 0 Å². The molecule has 0 radical (unpaired) electrons. The van der Waals surface area contributed by atoms with E-state index < -0.39 is 0 Å². The molecule has 3 nitrogen and oxygen atoms in total. The first-order valence-electron chi connectivity index (χ1n) is 4.57. The van der Waals surface area contributed by atoms with E-state index in [1.165, 1.54) is 7.11 Å². The SMILES string of the molecule is COC(=O)c1ccc([C@@H](C)CN)cc1. The van der Waals surface area contributed by atoms with E-state index in [1.807, 2.05) is 19.1 Å². The molecule has 0 aliphatic heterocycles. The number of carbonyl (C=O) groups excluding carboxylic acids is 1. The van der Waals surface area contributed by atoms with E-state index in [-0.39, 0.29) is 5.97 Å². The first kappa shape index (κ1) is 10.7. The molecule has 0 saturated heterocycles. The summed E-state index contributed by atoms with van der Waals surface area (Å²) in [5.74, 6) is 0.0126. The molecular formula is C11H15NO2. The zero-order chi connectivity index (χ0) is 10.6. The first-order chi connectivity index (χ1) is 6.69. The van der Waals surface area contributed by atoms with Crippen molar-refractivity contribution in [1.29, 1.82) is 0 Å². The van der Waals surface area contributed by atoms with Crippen molar-refractivity contribution in [2.45, 2.75) is 12.8 Å². The molecule has 0 unspecified atom stereocenters.